The van der Waals surface area contributed by atoms with Gasteiger partial charge in [0.15, 0.2) is 0 Å². The molecule has 2 aromatic carbocycles. The number of halogens is 2. The Labute approximate surface area is 135 Å². The smallest absolute Gasteiger partial charge is 0.123 e. The molecule has 2 unspecified atom stereocenters. The van der Waals surface area contributed by atoms with Crippen LogP contribution in [0.25, 0.3) is 0 Å². The van der Waals surface area contributed by atoms with Gasteiger partial charge >= 0.3 is 0 Å². The lowest BCUT2D eigenvalue weighted by Gasteiger charge is -2.15. The van der Waals surface area contributed by atoms with Gasteiger partial charge in [-0.2, -0.15) is 5.26 Å². The van der Waals surface area contributed by atoms with Crippen molar-refractivity contribution < 1.29 is 8.78 Å². The second-order valence-electron chi connectivity index (χ2n) is 5.60. The van der Waals surface area contributed by atoms with E-state index in [0.717, 1.165) is 24.1 Å². The molecule has 0 aliphatic carbocycles. The van der Waals surface area contributed by atoms with Crippen molar-refractivity contribution in [1.29, 1.82) is 5.26 Å². The molecule has 0 aromatic heterocycles. The van der Waals surface area contributed by atoms with Gasteiger partial charge < -0.3 is 5.32 Å². The average Bonchev–Trinajstić information content (AvgIpc) is 2.56. The number of nitriles is 1. The maximum Gasteiger partial charge on any atom is 0.123 e. The van der Waals surface area contributed by atoms with Crippen LogP contribution < -0.4 is 5.32 Å². The Hall–Kier alpha value is -2.25. The summed E-state index contributed by atoms with van der Waals surface area (Å²) in [6.45, 7) is 2.78. The molecule has 0 bridgehead atoms. The van der Waals surface area contributed by atoms with Crippen molar-refractivity contribution >= 4 is 0 Å². The van der Waals surface area contributed by atoms with Gasteiger partial charge in [-0.05, 0) is 61.7 Å². The zero-order chi connectivity index (χ0) is 16.7. The fourth-order valence-electron chi connectivity index (χ4n) is 2.49. The number of rotatable bonds is 7. The minimum atomic E-state index is -0.291. The van der Waals surface area contributed by atoms with E-state index in [2.05, 4.69) is 11.4 Å². The van der Waals surface area contributed by atoms with E-state index in [-0.39, 0.29) is 23.6 Å². The maximum atomic E-state index is 12.9. The van der Waals surface area contributed by atoms with E-state index in [1.807, 2.05) is 6.92 Å². The van der Waals surface area contributed by atoms with E-state index in [9.17, 15) is 14.0 Å². The Kier molecular flexibility index (Phi) is 6.25. The highest BCUT2D eigenvalue weighted by Gasteiger charge is 2.11. The third-order valence-electron chi connectivity index (χ3n) is 3.92. The number of hydrogen-bond donors (Lipinski definition) is 1. The average molecular weight is 314 g/mol. The molecule has 0 fully saturated rings. The summed E-state index contributed by atoms with van der Waals surface area (Å²) in [5.74, 6) is -0.754. The fraction of sp³-hybridized carbons (Fsp3) is 0.316. The lowest BCUT2D eigenvalue weighted by molar-refractivity contribution is 0.536. The highest BCUT2D eigenvalue weighted by Crippen LogP contribution is 2.21. The Morgan fingerprint density at radius 1 is 0.957 bits per heavy atom. The zero-order valence-electron chi connectivity index (χ0n) is 13.1. The Balaban J connectivity index is 1.78. The minimum Gasteiger partial charge on any atom is -0.310 e. The van der Waals surface area contributed by atoms with Gasteiger partial charge in [-0.15, -0.1) is 0 Å². The van der Waals surface area contributed by atoms with E-state index in [1.54, 1.807) is 24.3 Å². The molecule has 2 nitrogen and oxygen atoms in total. The van der Waals surface area contributed by atoms with Crippen LogP contribution >= 0.6 is 0 Å². The van der Waals surface area contributed by atoms with Gasteiger partial charge in [0.1, 0.15) is 11.6 Å². The first-order valence-corrected chi connectivity index (χ1v) is 7.74. The Morgan fingerprint density at radius 2 is 1.48 bits per heavy atom. The first kappa shape index (κ1) is 17.1. The third-order valence-corrected chi connectivity index (χ3v) is 3.92. The molecule has 0 radical (unpaired) electrons. The third kappa shape index (κ3) is 5.15. The summed E-state index contributed by atoms with van der Waals surface area (Å²) in [7, 11) is 0. The van der Waals surface area contributed by atoms with Crippen molar-refractivity contribution in [3.05, 3.63) is 71.3 Å². The first-order valence-electron chi connectivity index (χ1n) is 7.74. The van der Waals surface area contributed by atoms with Gasteiger partial charge in [-0.3, -0.25) is 0 Å². The van der Waals surface area contributed by atoms with Crippen molar-refractivity contribution in [2.75, 3.05) is 6.54 Å². The molecule has 23 heavy (non-hydrogen) atoms. The van der Waals surface area contributed by atoms with E-state index < -0.39 is 0 Å². The molecule has 0 saturated heterocycles. The molecule has 0 aliphatic rings. The molecule has 2 atom stereocenters. The van der Waals surface area contributed by atoms with Crippen molar-refractivity contribution in [3.63, 3.8) is 0 Å². The molecule has 0 aliphatic heterocycles. The molecule has 2 rings (SSSR count). The lowest BCUT2D eigenvalue weighted by atomic mass is 9.95. The van der Waals surface area contributed by atoms with E-state index in [1.165, 1.54) is 24.3 Å². The topological polar surface area (TPSA) is 35.8 Å². The predicted octanol–water partition coefficient (Wildman–Crippen LogP) is 4.70. The number of benzene rings is 2. The SMILES string of the molecule is CC(NCCCC(C#N)c1ccc(F)cc1)c1ccc(F)cc1. The number of nitrogens with one attached hydrogen (secondary N) is 1. The van der Waals surface area contributed by atoms with Crippen LogP contribution in [0.1, 0.15) is 42.9 Å². The van der Waals surface area contributed by atoms with Crippen LogP contribution in [-0.4, -0.2) is 6.54 Å². The largest absolute Gasteiger partial charge is 0.310 e. The van der Waals surface area contributed by atoms with Crippen molar-refractivity contribution in [2.24, 2.45) is 0 Å². The maximum absolute atomic E-state index is 12.9. The second kappa shape index (κ2) is 8.40. The highest BCUT2D eigenvalue weighted by atomic mass is 19.1. The fourth-order valence-corrected chi connectivity index (χ4v) is 2.49. The van der Waals surface area contributed by atoms with Gasteiger partial charge in [-0.1, -0.05) is 24.3 Å². The standard InChI is InChI=1S/C19H20F2N2/c1-14(15-4-8-18(20)9-5-15)23-12-2-3-17(13-22)16-6-10-19(21)11-7-16/h4-11,14,17,23H,2-3,12H2,1H3. The van der Waals surface area contributed by atoms with Crippen LogP contribution in [0.15, 0.2) is 48.5 Å². The molecule has 0 spiro atoms. The molecule has 2 aromatic rings. The molecule has 1 N–H and O–H groups in total. The summed E-state index contributed by atoms with van der Waals surface area (Å²) in [5, 5.41) is 12.6. The second-order valence-corrected chi connectivity index (χ2v) is 5.60. The van der Waals surface area contributed by atoms with E-state index in [0.29, 0.717) is 6.42 Å². The highest BCUT2D eigenvalue weighted by molar-refractivity contribution is 5.25. The summed E-state index contributed by atoms with van der Waals surface area (Å²) in [5.41, 5.74) is 1.88. The Bertz CT molecular complexity index is 645. The minimum absolute atomic E-state index is 0.127. The van der Waals surface area contributed by atoms with E-state index in [4.69, 9.17) is 0 Å². The molecule has 4 heteroatoms. The van der Waals surface area contributed by atoms with Crippen molar-refractivity contribution in [1.82, 2.24) is 5.32 Å². The molecule has 0 amide bonds. The summed E-state index contributed by atoms with van der Waals surface area (Å²) in [4.78, 5) is 0. The normalized spacial score (nSPS) is 13.3. The summed E-state index contributed by atoms with van der Waals surface area (Å²) >= 11 is 0. The monoisotopic (exact) mass is 314 g/mol. The van der Waals surface area contributed by atoms with Gasteiger partial charge in [0.2, 0.25) is 0 Å². The predicted molar refractivity (Wildman–Crippen MR) is 86.8 cm³/mol. The van der Waals surface area contributed by atoms with Gasteiger partial charge in [0.25, 0.3) is 0 Å². The molecular formula is C19H20F2N2. The number of nitrogens with zero attached hydrogens (tertiary/aromatic N) is 1. The van der Waals surface area contributed by atoms with Gasteiger partial charge in [0.05, 0.1) is 12.0 Å². The molecule has 120 valence electrons. The molecule has 0 heterocycles. The first-order chi connectivity index (χ1) is 11.1. The Morgan fingerprint density at radius 3 is 2.00 bits per heavy atom. The van der Waals surface area contributed by atoms with Crippen molar-refractivity contribution in [3.8, 4) is 6.07 Å². The van der Waals surface area contributed by atoms with E-state index >= 15 is 0 Å². The summed E-state index contributed by atoms with van der Waals surface area (Å²) in [6, 6.07) is 14.9. The van der Waals surface area contributed by atoms with Crippen LogP contribution in [0, 0.1) is 23.0 Å². The number of hydrogen-bond acceptors (Lipinski definition) is 2. The van der Waals surface area contributed by atoms with Crippen LogP contribution in [0.3, 0.4) is 0 Å². The quantitative estimate of drug-likeness (QED) is 0.752. The lowest BCUT2D eigenvalue weighted by Crippen LogP contribution is -2.20. The van der Waals surface area contributed by atoms with Crippen molar-refractivity contribution in [2.45, 2.75) is 31.7 Å². The van der Waals surface area contributed by atoms with Gasteiger partial charge in [-0.25, -0.2) is 8.78 Å². The van der Waals surface area contributed by atoms with Crippen LogP contribution in [-0.2, 0) is 0 Å². The van der Waals surface area contributed by atoms with Crippen LogP contribution in [0.4, 0.5) is 8.78 Å². The van der Waals surface area contributed by atoms with Gasteiger partial charge in [0, 0.05) is 6.04 Å². The van der Waals surface area contributed by atoms with Crippen LogP contribution in [0.5, 0.6) is 0 Å². The summed E-state index contributed by atoms with van der Waals surface area (Å²) in [6.07, 6.45) is 1.55. The van der Waals surface area contributed by atoms with Crippen LogP contribution in [0.2, 0.25) is 0 Å². The summed E-state index contributed by atoms with van der Waals surface area (Å²) < 4.78 is 25.8. The zero-order valence-corrected chi connectivity index (χ0v) is 13.1. The molecule has 0 saturated carbocycles. The molecular weight excluding hydrogens is 294 g/mol.